The molecule has 1 saturated carbocycles. The average molecular weight is 303 g/mol. The Morgan fingerprint density at radius 3 is 2.32 bits per heavy atom. The van der Waals surface area contributed by atoms with Crippen molar-refractivity contribution in [3.8, 4) is 11.5 Å². The summed E-state index contributed by atoms with van der Waals surface area (Å²) in [4.78, 5) is 14.5. The molecule has 4 heteroatoms. The first-order valence-corrected chi connectivity index (χ1v) is 8.43. The predicted molar refractivity (Wildman–Crippen MR) is 85.2 cm³/mol. The Balaban J connectivity index is 1.80. The minimum Gasteiger partial charge on any atom is -0.490 e. The lowest BCUT2D eigenvalue weighted by atomic mass is 9.83. The SMILES string of the molecule is CCOc1cc2c(cc1OCC)CN(C(=O)C1CCC1)CC2. The molecule has 4 nitrogen and oxygen atoms in total. The number of rotatable bonds is 5. The summed E-state index contributed by atoms with van der Waals surface area (Å²) in [7, 11) is 0. The van der Waals surface area contributed by atoms with Crippen LogP contribution in [0.25, 0.3) is 0 Å². The highest BCUT2D eigenvalue weighted by atomic mass is 16.5. The fourth-order valence-corrected chi connectivity index (χ4v) is 3.20. The van der Waals surface area contributed by atoms with E-state index in [4.69, 9.17) is 9.47 Å². The normalized spacial score (nSPS) is 17.6. The molecule has 0 radical (unpaired) electrons. The van der Waals surface area contributed by atoms with Crippen LogP contribution in [0.3, 0.4) is 0 Å². The van der Waals surface area contributed by atoms with Gasteiger partial charge in [-0.25, -0.2) is 0 Å². The van der Waals surface area contributed by atoms with Crippen LogP contribution in [-0.2, 0) is 17.8 Å². The Morgan fingerprint density at radius 1 is 1.14 bits per heavy atom. The number of carbonyl (C=O) groups is 1. The van der Waals surface area contributed by atoms with Crippen molar-refractivity contribution in [2.75, 3.05) is 19.8 Å². The van der Waals surface area contributed by atoms with Crippen LogP contribution in [0.1, 0.15) is 44.2 Å². The van der Waals surface area contributed by atoms with Crippen LogP contribution in [0.5, 0.6) is 11.5 Å². The number of carbonyl (C=O) groups excluding carboxylic acids is 1. The molecule has 2 aliphatic rings. The van der Waals surface area contributed by atoms with Gasteiger partial charge in [-0.1, -0.05) is 6.42 Å². The van der Waals surface area contributed by atoms with Crippen LogP contribution in [0.4, 0.5) is 0 Å². The van der Waals surface area contributed by atoms with Crippen molar-refractivity contribution in [2.45, 2.75) is 46.1 Å². The van der Waals surface area contributed by atoms with Gasteiger partial charge in [0, 0.05) is 19.0 Å². The van der Waals surface area contributed by atoms with Gasteiger partial charge in [-0.05, 0) is 56.4 Å². The zero-order chi connectivity index (χ0) is 15.5. The summed E-state index contributed by atoms with van der Waals surface area (Å²) in [6, 6.07) is 4.15. The standard InChI is InChI=1S/C18H25NO3/c1-3-21-16-10-14-8-9-19(18(20)13-6-5-7-13)12-15(14)11-17(16)22-4-2/h10-11,13H,3-9,12H2,1-2H3. The number of fused-ring (bicyclic) bond motifs is 1. The van der Waals surface area contributed by atoms with Crippen LogP contribution < -0.4 is 9.47 Å². The first kappa shape index (κ1) is 15.2. The summed E-state index contributed by atoms with van der Waals surface area (Å²) < 4.78 is 11.4. The van der Waals surface area contributed by atoms with Crippen molar-refractivity contribution >= 4 is 5.91 Å². The van der Waals surface area contributed by atoms with Crippen LogP contribution in [0.2, 0.25) is 0 Å². The maximum atomic E-state index is 12.4. The molecule has 1 aliphatic carbocycles. The minimum absolute atomic E-state index is 0.274. The van der Waals surface area contributed by atoms with Crippen LogP contribution >= 0.6 is 0 Å². The second-order valence-electron chi connectivity index (χ2n) is 6.07. The van der Waals surface area contributed by atoms with E-state index in [1.807, 2.05) is 18.7 Å². The molecule has 0 bridgehead atoms. The van der Waals surface area contributed by atoms with Crippen molar-refractivity contribution in [2.24, 2.45) is 5.92 Å². The highest BCUT2D eigenvalue weighted by molar-refractivity contribution is 5.80. The third kappa shape index (κ3) is 2.92. The second kappa shape index (κ2) is 6.59. The molecule has 1 amide bonds. The number of ether oxygens (including phenoxy) is 2. The molecule has 0 unspecified atom stereocenters. The van der Waals surface area contributed by atoms with Crippen molar-refractivity contribution in [3.05, 3.63) is 23.3 Å². The molecule has 1 fully saturated rings. The van der Waals surface area contributed by atoms with E-state index in [0.717, 1.165) is 37.3 Å². The molecule has 3 rings (SSSR count). The monoisotopic (exact) mass is 303 g/mol. The Labute approximate surface area is 132 Å². The number of benzene rings is 1. The average Bonchev–Trinajstić information content (AvgIpc) is 2.46. The van der Waals surface area contributed by atoms with E-state index in [1.54, 1.807) is 0 Å². The van der Waals surface area contributed by atoms with Crippen LogP contribution in [0.15, 0.2) is 12.1 Å². The number of hydrogen-bond donors (Lipinski definition) is 0. The van der Waals surface area contributed by atoms with E-state index in [1.165, 1.54) is 17.5 Å². The zero-order valence-corrected chi connectivity index (χ0v) is 13.6. The summed E-state index contributed by atoms with van der Waals surface area (Å²) in [5, 5.41) is 0. The van der Waals surface area contributed by atoms with Crippen LogP contribution in [-0.4, -0.2) is 30.6 Å². The molecule has 1 heterocycles. The van der Waals surface area contributed by atoms with Gasteiger partial charge in [-0.3, -0.25) is 4.79 Å². The smallest absolute Gasteiger partial charge is 0.225 e. The number of amides is 1. The molecule has 1 aromatic rings. The minimum atomic E-state index is 0.274. The molecule has 1 aromatic carbocycles. The lowest BCUT2D eigenvalue weighted by Gasteiger charge is -2.35. The predicted octanol–water partition coefficient (Wildman–Crippen LogP) is 3.17. The highest BCUT2D eigenvalue weighted by Crippen LogP contribution is 2.35. The number of hydrogen-bond acceptors (Lipinski definition) is 3. The molecular formula is C18H25NO3. The van der Waals surface area contributed by atoms with Gasteiger partial charge in [0.15, 0.2) is 11.5 Å². The summed E-state index contributed by atoms with van der Waals surface area (Å²) >= 11 is 0. The highest BCUT2D eigenvalue weighted by Gasteiger charge is 2.31. The van der Waals surface area contributed by atoms with E-state index >= 15 is 0 Å². The van der Waals surface area contributed by atoms with Crippen molar-refractivity contribution < 1.29 is 14.3 Å². The topological polar surface area (TPSA) is 38.8 Å². The summed E-state index contributed by atoms with van der Waals surface area (Å²) in [5.41, 5.74) is 2.48. The Hall–Kier alpha value is -1.71. The number of nitrogens with zero attached hydrogens (tertiary/aromatic N) is 1. The summed E-state index contributed by atoms with van der Waals surface area (Å²) in [6.07, 6.45) is 4.23. The fourth-order valence-electron chi connectivity index (χ4n) is 3.20. The van der Waals surface area contributed by atoms with Crippen molar-refractivity contribution in [1.82, 2.24) is 4.90 Å². The fraction of sp³-hybridized carbons (Fsp3) is 0.611. The maximum absolute atomic E-state index is 12.4. The van der Waals surface area contributed by atoms with Gasteiger partial charge in [0.05, 0.1) is 13.2 Å². The van der Waals surface area contributed by atoms with Crippen molar-refractivity contribution in [3.63, 3.8) is 0 Å². The molecule has 0 spiro atoms. The molecule has 0 aromatic heterocycles. The van der Waals surface area contributed by atoms with Gasteiger partial charge in [0.1, 0.15) is 0 Å². The first-order valence-electron chi connectivity index (χ1n) is 8.43. The lowest BCUT2D eigenvalue weighted by molar-refractivity contribution is -0.139. The lowest BCUT2D eigenvalue weighted by Crippen LogP contribution is -2.41. The van der Waals surface area contributed by atoms with Gasteiger partial charge in [0.25, 0.3) is 0 Å². The van der Waals surface area contributed by atoms with E-state index < -0.39 is 0 Å². The summed E-state index contributed by atoms with van der Waals surface area (Å²) in [6.45, 7) is 6.73. The molecule has 0 saturated heterocycles. The molecule has 22 heavy (non-hydrogen) atoms. The third-order valence-corrected chi connectivity index (χ3v) is 4.64. The second-order valence-corrected chi connectivity index (χ2v) is 6.07. The van der Waals surface area contributed by atoms with Gasteiger partial charge in [-0.15, -0.1) is 0 Å². The van der Waals surface area contributed by atoms with Crippen molar-refractivity contribution in [1.29, 1.82) is 0 Å². The van der Waals surface area contributed by atoms with E-state index in [-0.39, 0.29) is 5.92 Å². The van der Waals surface area contributed by atoms with Gasteiger partial charge in [-0.2, -0.15) is 0 Å². The maximum Gasteiger partial charge on any atom is 0.225 e. The Bertz CT molecular complexity index is 552. The van der Waals surface area contributed by atoms with E-state index in [2.05, 4.69) is 12.1 Å². The van der Waals surface area contributed by atoms with Gasteiger partial charge >= 0.3 is 0 Å². The van der Waals surface area contributed by atoms with Gasteiger partial charge < -0.3 is 14.4 Å². The quantitative estimate of drug-likeness (QED) is 0.838. The molecular weight excluding hydrogens is 278 g/mol. The van der Waals surface area contributed by atoms with E-state index in [9.17, 15) is 4.79 Å². The summed E-state index contributed by atoms with van der Waals surface area (Å²) in [5.74, 6) is 2.22. The largest absolute Gasteiger partial charge is 0.490 e. The zero-order valence-electron chi connectivity index (χ0n) is 13.6. The van der Waals surface area contributed by atoms with Gasteiger partial charge in [0.2, 0.25) is 5.91 Å². The first-order chi connectivity index (χ1) is 10.7. The Morgan fingerprint density at radius 2 is 1.77 bits per heavy atom. The van der Waals surface area contributed by atoms with Crippen LogP contribution in [0, 0.1) is 5.92 Å². The Kier molecular flexibility index (Phi) is 4.55. The molecule has 1 aliphatic heterocycles. The third-order valence-electron chi connectivity index (χ3n) is 4.64. The molecule has 0 atom stereocenters. The van der Waals surface area contributed by atoms with E-state index in [0.29, 0.717) is 25.7 Å². The molecule has 120 valence electrons. The molecule has 0 N–H and O–H groups in total.